The summed E-state index contributed by atoms with van der Waals surface area (Å²) in [6.07, 6.45) is 1.79. The normalized spacial score (nSPS) is 16.5. The Morgan fingerprint density at radius 1 is 1.18 bits per heavy atom. The molecule has 1 aliphatic carbocycles. The van der Waals surface area contributed by atoms with Gasteiger partial charge in [0.1, 0.15) is 0 Å². The Labute approximate surface area is 98.9 Å². The van der Waals surface area contributed by atoms with Crippen LogP contribution in [0, 0.1) is 0 Å². The van der Waals surface area contributed by atoms with E-state index < -0.39 is 24.3 Å². The van der Waals surface area contributed by atoms with Crippen molar-refractivity contribution in [3.63, 3.8) is 0 Å². The Morgan fingerprint density at radius 3 is 2.18 bits per heavy atom. The van der Waals surface area contributed by atoms with E-state index in [9.17, 15) is 19.8 Å². The van der Waals surface area contributed by atoms with Crippen molar-refractivity contribution in [2.45, 2.75) is 31.1 Å². The highest BCUT2D eigenvalue weighted by Crippen LogP contribution is 2.40. The molecule has 1 saturated carbocycles. The van der Waals surface area contributed by atoms with Crippen LogP contribution >= 0.6 is 0 Å². The van der Waals surface area contributed by atoms with Crippen LogP contribution in [0.25, 0.3) is 0 Å². The number of carboxylic acids is 2. The molecule has 0 radical (unpaired) electrons. The lowest BCUT2D eigenvalue weighted by atomic mass is 9.94. The standard InChI is InChI=1S/C13H14O4/c14-12(15)7-11(13(16)17)10-5-3-9(4-6-10)8-1-2-8/h3-6,8,11H,1-2,7H2,(H,14,15)(H,16,17)/p-2/t11-/m1/s1. The maximum absolute atomic E-state index is 10.9. The molecular formula is C13H12O4-2. The number of carboxylic acid groups (broad SMARTS) is 2. The van der Waals surface area contributed by atoms with Crippen LogP contribution in [0.3, 0.4) is 0 Å². The van der Waals surface area contributed by atoms with Crippen molar-refractivity contribution in [2.75, 3.05) is 0 Å². The van der Waals surface area contributed by atoms with Crippen molar-refractivity contribution < 1.29 is 19.8 Å². The first-order chi connectivity index (χ1) is 8.08. The second kappa shape index (κ2) is 4.57. The molecule has 0 bridgehead atoms. The molecule has 1 fully saturated rings. The Balaban J connectivity index is 2.17. The molecule has 1 aliphatic rings. The monoisotopic (exact) mass is 232 g/mol. The largest absolute Gasteiger partial charge is 0.550 e. The van der Waals surface area contributed by atoms with Gasteiger partial charge in [-0.3, -0.25) is 0 Å². The maximum Gasteiger partial charge on any atom is 0.0493 e. The van der Waals surface area contributed by atoms with E-state index >= 15 is 0 Å². The summed E-state index contributed by atoms with van der Waals surface area (Å²) in [5.41, 5.74) is 1.64. The van der Waals surface area contributed by atoms with E-state index in [1.807, 2.05) is 12.1 Å². The fraction of sp³-hybridized carbons (Fsp3) is 0.385. The van der Waals surface area contributed by atoms with E-state index in [0.717, 1.165) is 0 Å². The Morgan fingerprint density at radius 2 is 1.76 bits per heavy atom. The van der Waals surface area contributed by atoms with Crippen molar-refractivity contribution in [3.05, 3.63) is 35.4 Å². The van der Waals surface area contributed by atoms with Crippen molar-refractivity contribution in [1.82, 2.24) is 0 Å². The summed E-state index contributed by atoms with van der Waals surface area (Å²) in [7, 11) is 0. The topological polar surface area (TPSA) is 80.3 Å². The molecule has 0 unspecified atom stereocenters. The molecular weight excluding hydrogens is 220 g/mol. The number of benzene rings is 1. The van der Waals surface area contributed by atoms with Crippen LogP contribution in [0.5, 0.6) is 0 Å². The number of hydrogen-bond acceptors (Lipinski definition) is 4. The lowest BCUT2D eigenvalue weighted by Crippen LogP contribution is -2.34. The third-order valence-electron chi connectivity index (χ3n) is 3.04. The van der Waals surface area contributed by atoms with Gasteiger partial charge in [0.05, 0.1) is 0 Å². The van der Waals surface area contributed by atoms with Gasteiger partial charge in [-0.25, -0.2) is 0 Å². The highest BCUT2D eigenvalue weighted by Gasteiger charge is 2.23. The molecule has 4 heteroatoms. The highest BCUT2D eigenvalue weighted by molar-refractivity contribution is 5.80. The number of hydrogen-bond donors (Lipinski definition) is 0. The molecule has 0 heterocycles. The number of rotatable bonds is 5. The fourth-order valence-corrected chi connectivity index (χ4v) is 1.92. The summed E-state index contributed by atoms with van der Waals surface area (Å²) in [6.45, 7) is 0. The highest BCUT2D eigenvalue weighted by atomic mass is 16.4. The van der Waals surface area contributed by atoms with E-state index in [2.05, 4.69) is 0 Å². The number of aliphatic carboxylic acids is 2. The summed E-state index contributed by atoms with van der Waals surface area (Å²) >= 11 is 0. The Kier molecular flexibility index (Phi) is 3.13. The summed E-state index contributed by atoms with van der Waals surface area (Å²) in [5, 5.41) is 21.3. The molecule has 1 atom stereocenters. The Hall–Kier alpha value is -1.84. The molecule has 1 aromatic rings. The lowest BCUT2D eigenvalue weighted by molar-refractivity contribution is -0.317. The van der Waals surface area contributed by atoms with Gasteiger partial charge in [-0.1, -0.05) is 24.3 Å². The van der Waals surface area contributed by atoms with E-state index in [1.54, 1.807) is 12.1 Å². The average molecular weight is 232 g/mol. The van der Waals surface area contributed by atoms with Crippen LogP contribution in [-0.4, -0.2) is 11.9 Å². The predicted molar refractivity (Wildman–Crippen MR) is 55.8 cm³/mol. The summed E-state index contributed by atoms with van der Waals surface area (Å²) in [5.74, 6) is -3.31. The van der Waals surface area contributed by atoms with Gasteiger partial charge in [0.15, 0.2) is 0 Å². The van der Waals surface area contributed by atoms with Gasteiger partial charge in [-0.15, -0.1) is 0 Å². The molecule has 2 rings (SSSR count). The number of carbonyl (C=O) groups is 2. The summed E-state index contributed by atoms with van der Waals surface area (Å²) < 4.78 is 0. The summed E-state index contributed by atoms with van der Waals surface area (Å²) in [4.78, 5) is 21.3. The first-order valence-electron chi connectivity index (χ1n) is 5.58. The smallest absolute Gasteiger partial charge is 0.0493 e. The SMILES string of the molecule is O=C([O-])C[C@@H](C(=O)[O-])c1ccc(C2CC2)cc1. The zero-order valence-corrected chi connectivity index (χ0v) is 9.22. The van der Waals surface area contributed by atoms with Gasteiger partial charge in [0.25, 0.3) is 0 Å². The zero-order valence-electron chi connectivity index (χ0n) is 9.22. The molecule has 4 nitrogen and oxygen atoms in total. The van der Waals surface area contributed by atoms with Crippen molar-refractivity contribution in [2.24, 2.45) is 0 Å². The third-order valence-corrected chi connectivity index (χ3v) is 3.04. The molecule has 17 heavy (non-hydrogen) atoms. The van der Waals surface area contributed by atoms with Crippen LogP contribution in [-0.2, 0) is 9.59 Å². The molecule has 0 spiro atoms. The van der Waals surface area contributed by atoms with Crippen molar-refractivity contribution in [3.8, 4) is 0 Å². The van der Waals surface area contributed by atoms with Crippen LogP contribution in [0.2, 0.25) is 0 Å². The fourth-order valence-electron chi connectivity index (χ4n) is 1.92. The van der Waals surface area contributed by atoms with Gasteiger partial charge in [0, 0.05) is 17.9 Å². The average Bonchev–Trinajstić information content (AvgIpc) is 3.09. The zero-order chi connectivity index (χ0) is 12.4. The predicted octanol–water partition coefficient (Wildman–Crippen LogP) is -0.462. The number of carbonyl (C=O) groups excluding carboxylic acids is 2. The minimum atomic E-state index is -1.38. The van der Waals surface area contributed by atoms with Crippen LogP contribution in [0.15, 0.2) is 24.3 Å². The maximum atomic E-state index is 10.9. The van der Waals surface area contributed by atoms with E-state index in [4.69, 9.17) is 0 Å². The Bertz CT molecular complexity index is 431. The van der Waals surface area contributed by atoms with Gasteiger partial charge >= 0.3 is 0 Å². The van der Waals surface area contributed by atoms with E-state index in [0.29, 0.717) is 11.5 Å². The van der Waals surface area contributed by atoms with Gasteiger partial charge in [0.2, 0.25) is 0 Å². The molecule has 0 aliphatic heterocycles. The first kappa shape index (κ1) is 11.6. The quantitative estimate of drug-likeness (QED) is 0.687. The second-order valence-electron chi connectivity index (χ2n) is 4.39. The third kappa shape index (κ3) is 2.84. The van der Waals surface area contributed by atoms with Crippen LogP contribution in [0.1, 0.15) is 42.2 Å². The minimum Gasteiger partial charge on any atom is -0.550 e. The molecule has 0 N–H and O–H groups in total. The molecule has 0 amide bonds. The summed E-state index contributed by atoms with van der Waals surface area (Å²) in [6, 6.07) is 7.05. The molecule has 0 saturated heterocycles. The van der Waals surface area contributed by atoms with Crippen molar-refractivity contribution >= 4 is 11.9 Å². The van der Waals surface area contributed by atoms with Gasteiger partial charge in [-0.2, -0.15) is 0 Å². The van der Waals surface area contributed by atoms with E-state index in [-0.39, 0.29) is 0 Å². The van der Waals surface area contributed by atoms with E-state index in [1.165, 1.54) is 18.4 Å². The van der Waals surface area contributed by atoms with Gasteiger partial charge < -0.3 is 19.8 Å². The lowest BCUT2D eigenvalue weighted by Gasteiger charge is -2.19. The molecule has 0 aromatic heterocycles. The first-order valence-corrected chi connectivity index (χ1v) is 5.58. The van der Waals surface area contributed by atoms with Crippen molar-refractivity contribution in [1.29, 1.82) is 0 Å². The second-order valence-corrected chi connectivity index (χ2v) is 4.39. The molecule has 90 valence electrons. The molecule has 1 aromatic carbocycles. The van der Waals surface area contributed by atoms with Crippen LogP contribution < -0.4 is 10.2 Å². The van der Waals surface area contributed by atoms with Crippen LogP contribution in [0.4, 0.5) is 0 Å². The minimum absolute atomic E-state index is 0.457. The van der Waals surface area contributed by atoms with Gasteiger partial charge in [-0.05, 0) is 36.3 Å².